The molecule has 1 aromatic heterocycles. The molecule has 0 bridgehead atoms. The first-order valence-corrected chi connectivity index (χ1v) is 13.3. The van der Waals surface area contributed by atoms with Crippen LogP contribution < -0.4 is 26.8 Å². The molecular weight excluding hydrogens is 522 g/mol. The van der Waals surface area contributed by atoms with E-state index < -0.39 is 34.6 Å². The number of hydrogen-bond acceptors (Lipinski definition) is 8. The van der Waals surface area contributed by atoms with E-state index in [4.69, 9.17) is 10.5 Å². The normalized spacial score (nSPS) is 17.6. The molecule has 0 radical (unpaired) electrons. The van der Waals surface area contributed by atoms with E-state index in [2.05, 4.69) is 4.98 Å². The molecule has 39 heavy (non-hydrogen) atoms. The van der Waals surface area contributed by atoms with Gasteiger partial charge in [-0.15, -0.1) is 0 Å². The third-order valence-corrected chi connectivity index (χ3v) is 8.19. The fourth-order valence-corrected chi connectivity index (χ4v) is 6.35. The second-order valence-corrected chi connectivity index (χ2v) is 10.6. The van der Waals surface area contributed by atoms with Crippen LogP contribution in [-0.4, -0.2) is 45.4 Å². The summed E-state index contributed by atoms with van der Waals surface area (Å²) < 4.78 is 6.67. The van der Waals surface area contributed by atoms with Gasteiger partial charge in [0.25, 0.3) is 11.5 Å². The number of nitrogens with one attached hydrogen (secondary N) is 1. The van der Waals surface area contributed by atoms with Crippen LogP contribution in [0, 0.1) is 0 Å². The van der Waals surface area contributed by atoms with Crippen LogP contribution in [0.3, 0.4) is 0 Å². The molecule has 2 amide bonds. The quantitative estimate of drug-likeness (QED) is 0.406. The van der Waals surface area contributed by atoms with Crippen LogP contribution in [0.1, 0.15) is 31.7 Å². The van der Waals surface area contributed by atoms with Crippen molar-refractivity contribution in [3.8, 4) is 0 Å². The lowest BCUT2D eigenvalue weighted by Crippen LogP contribution is -2.49. The molecule has 1 fully saturated rings. The third-order valence-electron chi connectivity index (χ3n) is 6.73. The Morgan fingerprint density at radius 3 is 2.56 bits per heavy atom. The number of anilines is 3. The van der Waals surface area contributed by atoms with Crippen LogP contribution >= 0.6 is 11.8 Å². The molecule has 11 nitrogen and oxygen atoms in total. The summed E-state index contributed by atoms with van der Waals surface area (Å²) in [5, 5.41) is 0. The van der Waals surface area contributed by atoms with Gasteiger partial charge in [-0.25, -0.2) is 9.59 Å². The molecule has 0 saturated carbocycles. The number of carbonyl (C=O) groups excluding carboxylic acids is 3. The molecule has 0 aliphatic carbocycles. The van der Waals surface area contributed by atoms with Crippen LogP contribution in [0.4, 0.5) is 17.2 Å². The molecule has 12 heteroatoms. The molecule has 2 aliphatic heterocycles. The number of nitrogen functional groups attached to an aromatic ring is 1. The van der Waals surface area contributed by atoms with Gasteiger partial charge in [-0.1, -0.05) is 61.2 Å². The number of amides is 2. The van der Waals surface area contributed by atoms with Crippen LogP contribution in [0.5, 0.6) is 0 Å². The second kappa shape index (κ2) is 10.4. The Morgan fingerprint density at radius 2 is 1.82 bits per heavy atom. The largest absolute Gasteiger partial charge is 0.453 e. The topological polar surface area (TPSA) is 148 Å². The maximum atomic E-state index is 13.4. The van der Waals surface area contributed by atoms with Gasteiger partial charge in [0.15, 0.2) is 17.2 Å². The van der Waals surface area contributed by atoms with Gasteiger partial charge in [-0.05, 0) is 24.1 Å². The minimum absolute atomic E-state index is 0.0859. The van der Waals surface area contributed by atoms with Crippen molar-refractivity contribution in [3.63, 3.8) is 0 Å². The van der Waals surface area contributed by atoms with Crippen LogP contribution in [0.2, 0.25) is 0 Å². The van der Waals surface area contributed by atoms with Crippen molar-refractivity contribution in [2.75, 3.05) is 28.7 Å². The van der Waals surface area contributed by atoms with E-state index in [9.17, 15) is 24.0 Å². The Hall–Kier alpha value is -4.32. The summed E-state index contributed by atoms with van der Waals surface area (Å²) in [6.45, 7) is 1.33. The van der Waals surface area contributed by atoms with E-state index in [0.717, 1.165) is 15.4 Å². The summed E-state index contributed by atoms with van der Waals surface area (Å²) >= 11 is 1.23. The highest BCUT2D eigenvalue weighted by atomic mass is 32.2. The number of H-pyrrole nitrogens is 1. The number of fused-ring (bicyclic) bond motifs is 3. The number of aromatic amines is 1. The van der Waals surface area contributed by atoms with E-state index in [1.807, 2.05) is 37.3 Å². The summed E-state index contributed by atoms with van der Waals surface area (Å²) in [4.78, 5) is 69.1. The lowest BCUT2D eigenvalue weighted by Gasteiger charge is -2.29. The summed E-state index contributed by atoms with van der Waals surface area (Å²) in [6.07, 6.45) is 0.892. The smallest absolute Gasteiger partial charge is 0.344 e. The minimum Gasteiger partial charge on any atom is -0.453 e. The zero-order valence-corrected chi connectivity index (χ0v) is 22.0. The lowest BCUT2D eigenvalue weighted by atomic mass is 10.2. The van der Waals surface area contributed by atoms with Gasteiger partial charge in [0.1, 0.15) is 5.82 Å². The standard InChI is InChI=1S/C27H27N5O6S/c1-2-14-30(22-23(28)31(26(37)29-24(22)35)15-17-8-4-3-5-9-17)21(34)16-38-25(36)27-13-12-20(33)32(27)18-10-6-7-11-19(18)39-27/h3-11H,2,12-16,28H2,1H3,(H,29,35,37)/t27-/m1/s1. The monoisotopic (exact) mass is 549 g/mol. The number of carbonyl (C=O) groups is 3. The average Bonchev–Trinajstić information content (AvgIpc) is 3.45. The number of para-hydroxylation sites is 1. The van der Waals surface area contributed by atoms with Crippen LogP contribution in [-0.2, 0) is 25.7 Å². The maximum absolute atomic E-state index is 13.4. The van der Waals surface area contributed by atoms with Gasteiger partial charge in [-0.2, -0.15) is 0 Å². The Balaban J connectivity index is 1.39. The predicted molar refractivity (Wildman–Crippen MR) is 147 cm³/mol. The molecular formula is C27H27N5O6S. The molecule has 0 spiro atoms. The highest BCUT2D eigenvalue weighted by molar-refractivity contribution is 8.02. The second-order valence-electron chi connectivity index (χ2n) is 9.27. The van der Waals surface area contributed by atoms with Gasteiger partial charge in [-0.3, -0.25) is 28.8 Å². The van der Waals surface area contributed by atoms with Crippen molar-refractivity contribution in [2.24, 2.45) is 0 Å². The van der Waals surface area contributed by atoms with Gasteiger partial charge in [0.2, 0.25) is 5.91 Å². The molecule has 3 heterocycles. The number of nitrogens with two attached hydrogens (primary N) is 1. The summed E-state index contributed by atoms with van der Waals surface area (Å²) in [5.74, 6) is -1.76. The highest BCUT2D eigenvalue weighted by Crippen LogP contribution is 2.56. The first-order valence-electron chi connectivity index (χ1n) is 12.5. The van der Waals surface area contributed by atoms with Gasteiger partial charge < -0.3 is 15.4 Å². The number of thioether (sulfide) groups is 1. The number of benzene rings is 2. The number of esters is 1. The van der Waals surface area contributed by atoms with Crippen molar-refractivity contribution in [2.45, 2.75) is 42.5 Å². The number of hydrogen-bond donors (Lipinski definition) is 2. The molecule has 3 aromatic rings. The van der Waals surface area contributed by atoms with Crippen LogP contribution in [0.15, 0.2) is 69.1 Å². The van der Waals surface area contributed by atoms with Gasteiger partial charge >= 0.3 is 11.7 Å². The summed E-state index contributed by atoms with van der Waals surface area (Å²) in [7, 11) is 0. The van der Waals surface area contributed by atoms with E-state index in [-0.39, 0.29) is 43.3 Å². The number of ether oxygens (including phenoxy) is 1. The molecule has 0 unspecified atom stereocenters. The van der Waals surface area contributed by atoms with Crippen molar-refractivity contribution in [1.29, 1.82) is 0 Å². The number of aromatic nitrogens is 2. The Kier molecular flexibility index (Phi) is 7.04. The van der Waals surface area contributed by atoms with Gasteiger partial charge in [0, 0.05) is 24.3 Å². The third kappa shape index (κ3) is 4.60. The van der Waals surface area contributed by atoms with E-state index in [1.165, 1.54) is 21.2 Å². The van der Waals surface area contributed by atoms with Crippen molar-refractivity contribution in [1.82, 2.24) is 9.55 Å². The SMILES string of the molecule is CCCN(C(=O)COC(=O)[C@]12CCC(=O)N1c1ccccc1S2)c1c(N)n(Cc2ccccc2)c(=O)[nH]c1=O. The Morgan fingerprint density at radius 1 is 1.10 bits per heavy atom. The fourth-order valence-electron chi connectivity index (χ4n) is 4.94. The first-order chi connectivity index (χ1) is 18.8. The molecule has 2 aromatic carbocycles. The van der Waals surface area contributed by atoms with E-state index >= 15 is 0 Å². The lowest BCUT2D eigenvalue weighted by molar-refractivity contribution is -0.150. The van der Waals surface area contributed by atoms with Crippen molar-refractivity contribution < 1.29 is 19.1 Å². The van der Waals surface area contributed by atoms with Crippen molar-refractivity contribution in [3.05, 3.63) is 81.0 Å². The molecule has 202 valence electrons. The summed E-state index contributed by atoms with van der Waals surface area (Å²) in [5.41, 5.74) is 5.99. The highest BCUT2D eigenvalue weighted by Gasteiger charge is 2.58. The Labute approximate surface area is 227 Å². The maximum Gasteiger partial charge on any atom is 0.344 e. The minimum atomic E-state index is -1.28. The average molecular weight is 550 g/mol. The molecule has 3 N–H and O–H groups in total. The predicted octanol–water partition coefficient (Wildman–Crippen LogP) is 2.08. The van der Waals surface area contributed by atoms with E-state index in [1.54, 1.807) is 24.3 Å². The van der Waals surface area contributed by atoms with Crippen molar-refractivity contribution >= 4 is 46.7 Å². The Bertz CT molecular complexity index is 1570. The zero-order valence-electron chi connectivity index (χ0n) is 21.2. The summed E-state index contributed by atoms with van der Waals surface area (Å²) in [6, 6.07) is 16.3. The number of rotatable bonds is 8. The molecule has 5 rings (SSSR count). The molecule has 2 aliphatic rings. The van der Waals surface area contributed by atoms with E-state index in [0.29, 0.717) is 12.1 Å². The molecule has 1 saturated heterocycles. The molecule has 1 atom stereocenters. The van der Waals surface area contributed by atoms with Gasteiger partial charge in [0.05, 0.1) is 12.2 Å². The van der Waals surface area contributed by atoms with Crippen LogP contribution in [0.25, 0.3) is 0 Å². The zero-order chi connectivity index (χ0) is 27.7. The first kappa shape index (κ1) is 26.3. The number of nitrogens with zero attached hydrogens (tertiary/aromatic N) is 3. The fraction of sp³-hybridized carbons (Fsp3) is 0.296.